The molecule has 56 valence electrons. The minimum Gasteiger partial charge on any atom is -0.298 e. The van der Waals surface area contributed by atoms with E-state index in [2.05, 4.69) is 6.58 Å². The molecule has 0 aliphatic rings. The van der Waals surface area contributed by atoms with Crippen LogP contribution in [0.15, 0.2) is 24.8 Å². The molecule has 1 aromatic rings. The first kappa shape index (κ1) is 8.02. The molecule has 0 unspecified atom stereocenters. The molecule has 0 bridgehead atoms. The Labute approximate surface area is 70.3 Å². The number of carbonyl (C=O) groups excluding carboxylic acids is 1. The van der Waals surface area contributed by atoms with Gasteiger partial charge >= 0.3 is 0 Å². The zero-order valence-electron chi connectivity index (χ0n) is 5.88. The van der Waals surface area contributed by atoms with Gasteiger partial charge in [0.25, 0.3) is 0 Å². The lowest BCUT2D eigenvalue weighted by molar-refractivity contribution is 0.112. The summed E-state index contributed by atoms with van der Waals surface area (Å²) in [6, 6.07) is 5.25. The maximum atomic E-state index is 10.4. The highest BCUT2D eigenvalue weighted by Crippen LogP contribution is 2.20. The number of halogens is 1. The summed E-state index contributed by atoms with van der Waals surface area (Å²) < 4.78 is 0. The van der Waals surface area contributed by atoms with Gasteiger partial charge in [0.15, 0.2) is 6.29 Å². The molecule has 0 atom stereocenters. The molecule has 0 aliphatic carbocycles. The Morgan fingerprint density at radius 3 is 2.55 bits per heavy atom. The van der Waals surface area contributed by atoms with Gasteiger partial charge in [-0.1, -0.05) is 42.5 Å². The standard InChI is InChI=1S/C9H7ClO/c1-2-7-4-3-5-8(6-11)9(7)10/h2-6H,1H2. The highest BCUT2D eigenvalue weighted by Gasteiger charge is 2.00. The van der Waals surface area contributed by atoms with E-state index in [1.165, 1.54) is 0 Å². The van der Waals surface area contributed by atoms with Crippen LogP contribution in [-0.2, 0) is 0 Å². The summed E-state index contributed by atoms with van der Waals surface area (Å²) in [7, 11) is 0. The number of aldehydes is 1. The molecule has 1 nitrogen and oxygen atoms in total. The molecular weight excluding hydrogens is 160 g/mol. The fourth-order valence-electron chi connectivity index (χ4n) is 0.817. The third-order valence-corrected chi connectivity index (χ3v) is 1.84. The monoisotopic (exact) mass is 166 g/mol. The molecule has 1 rings (SSSR count). The van der Waals surface area contributed by atoms with Crippen LogP contribution in [0.1, 0.15) is 15.9 Å². The van der Waals surface area contributed by atoms with Crippen LogP contribution in [0.3, 0.4) is 0 Å². The SMILES string of the molecule is C=Cc1cccc(C=O)c1Cl. The predicted octanol–water partition coefficient (Wildman–Crippen LogP) is 2.80. The van der Waals surface area contributed by atoms with Gasteiger partial charge in [0, 0.05) is 5.56 Å². The van der Waals surface area contributed by atoms with Crippen molar-refractivity contribution in [2.75, 3.05) is 0 Å². The van der Waals surface area contributed by atoms with Crippen LogP contribution < -0.4 is 0 Å². The van der Waals surface area contributed by atoms with Crippen molar-refractivity contribution in [2.45, 2.75) is 0 Å². The Hall–Kier alpha value is -1.08. The second kappa shape index (κ2) is 3.35. The third kappa shape index (κ3) is 1.49. The van der Waals surface area contributed by atoms with Gasteiger partial charge in [-0.25, -0.2) is 0 Å². The molecule has 0 fully saturated rings. The minimum atomic E-state index is 0.470. The highest BCUT2D eigenvalue weighted by atomic mass is 35.5. The first-order valence-corrected chi connectivity index (χ1v) is 3.53. The van der Waals surface area contributed by atoms with Crippen LogP contribution >= 0.6 is 11.6 Å². The van der Waals surface area contributed by atoms with E-state index in [1.54, 1.807) is 18.2 Å². The van der Waals surface area contributed by atoms with Crippen LogP contribution in [-0.4, -0.2) is 6.29 Å². The van der Waals surface area contributed by atoms with Crippen molar-refractivity contribution in [3.05, 3.63) is 40.9 Å². The van der Waals surface area contributed by atoms with E-state index in [9.17, 15) is 4.79 Å². The maximum Gasteiger partial charge on any atom is 0.151 e. The number of hydrogen-bond donors (Lipinski definition) is 0. The van der Waals surface area contributed by atoms with Gasteiger partial charge in [-0.15, -0.1) is 0 Å². The van der Waals surface area contributed by atoms with E-state index >= 15 is 0 Å². The average Bonchev–Trinajstić information content (AvgIpc) is 2.05. The Morgan fingerprint density at radius 2 is 2.00 bits per heavy atom. The second-order valence-electron chi connectivity index (χ2n) is 2.07. The molecule has 0 amide bonds. The van der Waals surface area contributed by atoms with Crippen molar-refractivity contribution in [1.82, 2.24) is 0 Å². The van der Waals surface area contributed by atoms with E-state index in [-0.39, 0.29) is 0 Å². The molecule has 0 aromatic heterocycles. The first-order valence-electron chi connectivity index (χ1n) is 3.15. The maximum absolute atomic E-state index is 10.4. The summed E-state index contributed by atoms with van der Waals surface area (Å²) in [4.78, 5) is 10.4. The fraction of sp³-hybridized carbons (Fsp3) is 0. The van der Waals surface area contributed by atoms with Gasteiger partial charge in [0.1, 0.15) is 0 Å². The summed E-state index contributed by atoms with van der Waals surface area (Å²) in [6.45, 7) is 3.57. The molecule has 0 aliphatic heterocycles. The molecule has 2 heteroatoms. The first-order chi connectivity index (χ1) is 5.29. The Bertz CT molecular complexity index is 265. The molecule has 1 aromatic carbocycles. The van der Waals surface area contributed by atoms with Gasteiger partial charge in [-0.2, -0.15) is 0 Å². The van der Waals surface area contributed by atoms with Gasteiger partial charge in [-0.3, -0.25) is 4.79 Å². The normalized spacial score (nSPS) is 9.18. The van der Waals surface area contributed by atoms with Crippen LogP contribution in [0.5, 0.6) is 0 Å². The van der Waals surface area contributed by atoms with Crippen molar-refractivity contribution >= 4 is 24.0 Å². The lowest BCUT2D eigenvalue weighted by atomic mass is 10.1. The topological polar surface area (TPSA) is 17.1 Å². The molecule has 0 radical (unpaired) electrons. The largest absolute Gasteiger partial charge is 0.298 e. The third-order valence-electron chi connectivity index (χ3n) is 1.41. The summed E-state index contributed by atoms with van der Waals surface area (Å²) in [6.07, 6.45) is 2.35. The van der Waals surface area contributed by atoms with E-state index in [4.69, 9.17) is 11.6 Å². The van der Waals surface area contributed by atoms with E-state index < -0.39 is 0 Å². The minimum absolute atomic E-state index is 0.470. The van der Waals surface area contributed by atoms with Crippen molar-refractivity contribution in [1.29, 1.82) is 0 Å². The fourth-order valence-corrected chi connectivity index (χ4v) is 1.06. The quantitative estimate of drug-likeness (QED) is 0.618. The van der Waals surface area contributed by atoms with E-state index in [0.29, 0.717) is 10.6 Å². The van der Waals surface area contributed by atoms with Crippen molar-refractivity contribution in [3.63, 3.8) is 0 Å². The lowest BCUT2D eigenvalue weighted by Crippen LogP contribution is -1.83. The van der Waals surface area contributed by atoms with Crippen LogP contribution in [0.2, 0.25) is 5.02 Å². The highest BCUT2D eigenvalue weighted by molar-refractivity contribution is 6.34. The number of benzene rings is 1. The number of hydrogen-bond acceptors (Lipinski definition) is 1. The Kier molecular flexibility index (Phi) is 2.44. The van der Waals surface area contributed by atoms with Crippen LogP contribution in [0.4, 0.5) is 0 Å². The zero-order valence-corrected chi connectivity index (χ0v) is 6.64. The van der Waals surface area contributed by atoms with Crippen molar-refractivity contribution < 1.29 is 4.79 Å². The van der Waals surface area contributed by atoms with Gasteiger partial charge in [0.05, 0.1) is 5.02 Å². The molecule has 11 heavy (non-hydrogen) atoms. The van der Waals surface area contributed by atoms with Gasteiger partial charge in [-0.05, 0) is 5.56 Å². The van der Waals surface area contributed by atoms with Gasteiger partial charge in [0.2, 0.25) is 0 Å². The molecule has 0 saturated heterocycles. The van der Waals surface area contributed by atoms with E-state index in [0.717, 1.165) is 11.8 Å². The number of carbonyl (C=O) groups is 1. The smallest absolute Gasteiger partial charge is 0.151 e. The molecular formula is C9H7ClO. The van der Waals surface area contributed by atoms with Crippen LogP contribution in [0, 0.1) is 0 Å². The summed E-state index contributed by atoms with van der Waals surface area (Å²) in [5.41, 5.74) is 1.29. The van der Waals surface area contributed by atoms with Crippen molar-refractivity contribution in [3.8, 4) is 0 Å². The number of rotatable bonds is 2. The molecule has 0 spiro atoms. The summed E-state index contributed by atoms with van der Waals surface area (Å²) in [5, 5.41) is 0.470. The van der Waals surface area contributed by atoms with Crippen molar-refractivity contribution in [2.24, 2.45) is 0 Å². The summed E-state index contributed by atoms with van der Waals surface area (Å²) >= 11 is 5.81. The predicted molar refractivity (Wildman–Crippen MR) is 46.9 cm³/mol. The van der Waals surface area contributed by atoms with Gasteiger partial charge < -0.3 is 0 Å². The molecule has 0 saturated carbocycles. The Balaban J connectivity index is 3.30. The second-order valence-corrected chi connectivity index (χ2v) is 2.45. The van der Waals surface area contributed by atoms with Crippen LogP contribution in [0.25, 0.3) is 6.08 Å². The molecule has 0 N–H and O–H groups in total. The lowest BCUT2D eigenvalue weighted by Gasteiger charge is -1.98. The Morgan fingerprint density at radius 1 is 1.36 bits per heavy atom. The average molecular weight is 167 g/mol. The molecule has 0 heterocycles. The summed E-state index contributed by atoms with van der Waals surface area (Å²) in [5.74, 6) is 0. The zero-order chi connectivity index (χ0) is 8.27. The van der Waals surface area contributed by atoms with E-state index in [1.807, 2.05) is 6.07 Å².